The van der Waals surface area contributed by atoms with Crippen molar-refractivity contribution < 1.29 is 15.0 Å². The van der Waals surface area contributed by atoms with Crippen molar-refractivity contribution in [2.45, 2.75) is 38.5 Å². The molecule has 0 bridgehead atoms. The van der Waals surface area contributed by atoms with E-state index in [1.54, 1.807) is 0 Å². The van der Waals surface area contributed by atoms with Crippen molar-refractivity contribution in [3.05, 3.63) is 36.0 Å². The van der Waals surface area contributed by atoms with Crippen LogP contribution in [0.2, 0.25) is 0 Å². The van der Waals surface area contributed by atoms with Crippen LogP contribution in [0.1, 0.15) is 18.5 Å². The fourth-order valence-electron chi connectivity index (χ4n) is 4.60. The second-order valence-corrected chi connectivity index (χ2v) is 7.76. The number of carbonyl (C=O) groups excluding carboxylic acids is 1. The summed E-state index contributed by atoms with van der Waals surface area (Å²) in [6.07, 6.45) is -0.123. The lowest BCUT2D eigenvalue weighted by atomic mass is 9.79. The number of urea groups is 1. The molecule has 1 aliphatic carbocycles. The van der Waals surface area contributed by atoms with Crippen molar-refractivity contribution in [2.24, 2.45) is 11.8 Å². The van der Waals surface area contributed by atoms with Crippen LogP contribution in [-0.4, -0.2) is 57.6 Å². The fourth-order valence-corrected chi connectivity index (χ4v) is 4.60. The van der Waals surface area contributed by atoms with Gasteiger partial charge in [-0.2, -0.15) is 0 Å². The first-order valence-electron chi connectivity index (χ1n) is 9.46. The summed E-state index contributed by atoms with van der Waals surface area (Å²) < 4.78 is 2.23. The number of benzene rings is 1. The lowest BCUT2D eigenvalue weighted by Gasteiger charge is -2.31. The van der Waals surface area contributed by atoms with Gasteiger partial charge in [0.15, 0.2) is 0 Å². The Kier molecular flexibility index (Phi) is 4.63. The molecule has 1 aromatic heterocycles. The molecular formula is C20H27N3O3. The monoisotopic (exact) mass is 357 g/mol. The summed E-state index contributed by atoms with van der Waals surface area (Å²) in [6, 6.07) is 10.4. The van der Waals surface area contributed by atoms with Crippen molar-refractivity contribution in [2.75, 3.05) is 19.6 Å². The number of nitrogens with one attached hydrogen (secondary N) is 1. The number of amides is 2. The standard InChI is InChI=1S/C20H27N3O3/c1-13-8-14-4-2-3-5-17(14)23(13)7-6-21-20(26)22-11-15-9-18(24)19(25)10-16(15)12-22/h2-5,8,15-16,18-19,24-25H,6-7,9-12H2,1H3,(H,21,26)/t15-,16+,18+,19-. The summed E-state index contributed by atoms with van der Waals surface area (Å²) in [4.78, 5) is 14.3. The van der Waals surface area contributed by atoms with Crippen molar-refractivity contribution in [1.29, 1.82) is 0 Å². The van der Waals surface area contributed by atoms with Crippen molar-refractivity contribution in [3.8, 4) is 0 Å². The molecule has 0 radical (unpaired) electrons. The van der Waals surface area contributed by atoms with E-state index in [1.807, 2.05) is 17.0 Å². The molecule has 2 aromatic rings. The Morgan fingerprint density at radius 2 is 1.81 bits per heavy atom. The van der Waals surface area contributed by atoms with Crippen LogP contribution >= 0.6 is 0 Å². The number of likely N-dealkylation sites (tertiary alicyclic amines) is 1. The predicted octanol–water partition coefficient (Wildman–Crippen LogP) is 1.72. The van der Waals surface area contributed by atoms with Crippen molar-refractivity contribution in [3.63, 3.8) is 0 Å². The van der Waals surface area contributed by atoms with E-state index in [-0.39, 0.29) is 6.03 Å². The molecular weight excluding hydrogens is 330 g/mol. The van der Waals surface area contributed by atoms with Crippen molar-refractivity contribution in [1.82, 2.24) is 14.8 Å². The topological polar surface area (TPSA) is 77.7 Å². The number of carbonyl (C=O) groups is 1. The van der Waals surface area contributed by atoms with Crippen LogP contribution in [0, 0.1) is 18.8 Å². The van der Waals surface area contributed by atoms with Gasteiger partial charge in [0.1, 0.15) is 0 Å². The molecule has 0 unspecified atom stereocenters. The zero-order valence-corrected chi connectivity index (χ0v) is 15.1. The minimum atomic E-state index is -0.649. The summed E-state index contributed by atoms with van der Waals surface area (Å²) >= 11 is 0. The molecule has 1 aromatic carbocycles. The zero-order valence-electron chi connectivity index (χ0n) is 15.1. The van der Waals surface area contributed by atoms with Gasteiger partial charge in [-0.05, 0) is 49.1 Å². The van der Waals surface area contributed by atoms with Gasteiger partial charge in [-0.3, -0.25) is 0 Å². The molecule has 6 nitrogen and oxygen atoms in total. The smallest absolute Gasteiger partial charge is 0.317 e. The number of hydrogen-bond acceptors (Lipinski definition) is 3. The summed E-state index contributed by atoms with van der Waals surface area (Å²) in [6.45, 7) is 4.75. The Bertz CT molecular complexity index is 785. The molecule has 4 atom stereocenters. The molecule has 6 heteroatoms. The highest BCUT2D eigenvalue weighted by Gasteiger charge is 2.42. The Hall–Kier alpha value is -2.05. The summed E-state index contributed by atoms with van der Waals surface area (Å²) in [7, 11) is 0. The second kappa shape index (κ2) is 6.93. The van der Waals surface area contributed by atoms with Crippen molar-refractivity contribution >= 4 is 16.9 Å². The van der Waals surface area contributed by atoms with E-state index in [0.717, 1.165) is 6.54 Å². The highest BCUT2D eigenvalue weighted by molar-refractivity contribution is 5.81. The van der Waals surface area contributed by atoms with E-state index >= 15 is 0 Å². The molecule has 2 aliphatic rings. The maximum atomic E-state index is 12.5. The highest BCUT2D eigenvalue weighted by atomic mass is 16.3. The average Bonchev–Trinajstić information content (AvgIpc) is 3.16. The Morgan fingerprint density at radius 1 is 1.15 bits per heavy atom. The Labute approximate surface area is 153 Å². The normalized spacial score (nSPS) is 28.3. The lowest BCUT2D eigenvalue weighted by Crippen LogP contribution is -2.40. The Morgan fingerprint density at radius 3 is 2.50 bits per heavy atom. The van der Waals surface area contributed by atoms with E-state index in [2.05, 4.69) is 35.0 Å². The third-order valence-corrected chi connectivity index (χ3v) is 6.03. The molecule has 1 aliphatic heterocycles. The number of hydrogen-bond donors (Lipinski definition) is 3. The average molecular weight is 357 g/mol. The number of aliphatic hydroxyl groups excluding tert-OH is 2. The fraction of sp³-hybridized carbons (Fsp3) is 0.550. The van der Waals surface area contributed by atoms with Gasteiger partial charge in [0, 0.05) is 37.4 Å². The molecule has 26 heavy (non-hydrogen) atoms. The van der Waals surface area contributed by atoms with Crippen LogP contribution in [0.25, 0.3) is 10.9 Å². The van der Waals surface area contributed by atoms with Gasteiger partial charge in [-0.25, -0.2) is 4.79 Å². The Balaban J connectivity index is 1.33. The van der Waals surface area contributed by atoms with Crippen LogP contribution in [0.5, 0.6) is 0 Å². The number of fused-ring (bicyclic) bond motifs is 2. The number of rotatable bonds is 3. The van der Waals surface area contributed by atoms with Gasteiger partial charge in [0.25, 0.3) is 0 Å². The molecule has 1 saturated carbocycles. The first kappa shape index (κ1) is 17.4. The van der Waals surface area contributed by atoms with Crippen LogP contribution in [-0.2, 0) is 6.54 Å². The summed E-state index contributed by atoms with van der Waals surface area (Å²) in [5.41, 5.74) is 2.38. The maximum absolute atomic E-state index is 12.5. The first-order chi connectivity index (χ1) is 12.5. The molecule has 1 saturated heterocycles. The summed E-state index contributed by atoms with van der Waals surface area (Å²) in [5.74, 6) is 0.601. The van der Waals surface area contributed by atoms with Gasteiger partial charge < -0.3 is 25.0 Å². The lowest BCUT2D eigenvalue weighted by molar-refractivity contribution is -0.0372. The minimum Gasteiger partial charge on any atom is -0.390 e. The van der Waals surface area contributed by atoms with E-state index in [0.29, 0.717) is 44.3 Å². The van der Waals surface area contributed by atoms with Gasteiger partial charge in [-0.15, -0.1) is 0 Å². The minimum absolute atomic E-state index is 0.0440. The van der Waals surface area contributed by atoms with Gasteiger partial charge in [-0.1, -0.05) is 18.2 Å². The van der Waals surface area contributed by atoms with E-state index < -0.39 is 12.2 Å². The van der Waals surface area contributed by atoms with Gasteiger partial charge >= 0.3 is 6.03 Å². The molecule has 0 spiro atoms. The number of aliphatic hydroxyl groups is 2. The largest absolute Gasteiger partial charge is 0.390 e. The number of para-hydroxylation sites is 1. The molecule has 140 valence electrons. The highest BCUT2D eigenvalue weighted by Crippen LogP contribution is 2.36. The van der Waals surface area contributed by atoms with Gasteiger partial charge in [0.05, 0.1) is 12.2 Å². The van der Waals surface area contributed by atoms with Crippen LogP contribution in [0.4, 0.5) is 4.79 Å². The van der Waals surface area contributed by atoms with Crippen LogP contribution in [0.15, 0.2) is 30.3 Å². The van der Waals surface area contributed by atoms with E-state index in [1.165, 1.54) is 16.6 Å². The molecule has 2 amide bonds. The molecule has 3 N–H and O–H groups in total. The van der Waals surface area contributed by atoms with Gasteiger partial charge in [0.2, 0.25) is 0 Å². The zero-order chi connectivity index (χ0) is 18.3. The SMILES string of the molecule is Cc1cc2ccccc2n1CCNC(=O)N1C[C@H]2C[C@H](O)[C@H](O)C[C@H]2C1. The summed E-state index contributed by atoms with van der Waals surface area (Å²) in [5, 5.41) is 23.9. The quantitative estimate of drug-likeness (QED) is 0.783. The predicted molar refractivity (Wildman–Crippen MR) is 99.9 cm³/mol. The molecule has 2 fully saturated rings. The van der Waals surface area contributed by atoms with E-state index in [9.17, 15) is 15.0 Å². The van der Waals surface area contributed by atoms with E-state index in [4.69, 9.17) is 0 Å². The van der Waals surface area contributed by atoms with Crippen LogP contribution < -0.4 is 5.32 Å². The van der Waals surface area contributed by atoms with Crippen LogP contribution in [0.3, 0.4) is 0 Å². The molecule has 2 heterocycles. The first-order valence-corrected chi connectivity index (χ1v) is 9.46. The third-order valence-electron chi connectivity index (χ3n) is 6.03. The number of nitrogens with zero attached hydrogens (tertiary/aromatic N) is 2. The number of aryl methyl sites for hydroxylation is 1. The second-order valence-electron chi connectivity index (χ2n) is 7.76. The number of aromatic nitrogens is 1. The third kappa shape index (κ3) is 3.19. The molecule has 4 rings (SSSR count). The maximum Gasteiger partial charge on any atom is 0.317 e.